The Morgan fingerprint density at radius 1 is 1.07 bits per heavy atom. The molecule has 0 saturated carbocycles. The molecule has 1 atom stereocenters. The lowest BCUT2D eigenvalue weighted by atomic mass is 9.94. The lowest BCUT2D eigenvalue weighted by Gasteiger charge is -2.30. The molecule has 1 heterocycles. The predicted octanol–water partition coefficient (Wildman–Crippen LogP) is 1.91. The first-order chi connectivity index (χ1) is 14.1. The summed E-state index contributed by atoms with van der Waals surface area (Å²) in [5.74, 6) is -2.46. The van der Waals surface area contributed by atoms with Crippen LogP contribution in [-0.4, -0.2) is 53.3 Å². The van der Waals surface area contributed by atoms with Crippen molar-refractivity contribution >= 4 is 17.9 Å². The molecule has 0 fully saturated rings. The van der Waals surface area contributed by atoms with E-state index in [1.54, 1.807) is 59.0 Å². The number of carbonyl (C=O) groups excluding carboxylic acids is 3. The van der Waals surface area contributed by atoms with Gasteiger partial charge in [0.15, 0.2) is 0 Å². The van der Waals surface area contributed by atoms with Crippen LogP contribution >= 0.6 is 0 Å². The van der Waals surface area contributed by atoms with E-state index in [1.807, 2.05) is 0 Å². The van der Waals surface area contributed by atoms with Gasteiger partial charge in [-0.2, -0.15) is 0 Å². The highest BCUT2D eigenvalue weighted by Gasteiger charge is 2.51. The molecule has 1 aromatic rings. The zero-order valence-corrected chi connectivity index (χ0v) is 18.3. The quantitative estimate of drug-likeness (QED) is 0.322. The normalized spacial score (nSPS) is 12.7. The minimum Gasteiger partial charge on any atom is -0.463 e. The maximum absolute atomic E-state index is 12.8. The smallest absolute Gasteiger partial charge is 0.350 e. The number of nitrogens with zero attached hydrogens (tertiary/aromatic N) is 1. The van der Waals surface area contributed by atoms with Crippen molar-refractivity contribution in [1.29, 1.82) is 0 Å². The summed E-state index contributed by atoms with van der Waals surface area (Å²) in [7, 11) is 0. The van der Waals surface area contributed by atoms with Crippen LogP contribution in [0.5, 0.6) is 0 Å². The maximum Gasteiger partial charge on any atom is 0.350 e. The average molecular weight is 424 g/mol. The van der Waals surface area contributed by atoms with E-state index in [4.69, 9.17) is 24.7 Å². The third kappa shape index (κ3) is 7.72. The second kappa shape index (κ2) is 11.6. The highest BCUT2D eigenvalue weighted by molar-refractivity contribution is 6.03. The Hall–Kier alpha value is -2.52. The molecular formula is C21H32N2O7. The number of ether oxygens (including phenoxy) is 4. The highest BCUT2D eigenvalue weighted by atomic mass is 16.6. The second-order valence-corrected chi connectivity index (χ2v) is 7.56. The molecule has 0 aliphatic heterocycles. The molecule has 0 aromatic carbocycles. The number of nitrogens with two attached hydrogens (primary N) is 1. The van der Waals surface area contributed by atoms with E-state index in [2.05, 4.69) is 4.98 Å². The van der Waals surface area contributed by atoms with Gasteiger partial charge in [0, 0.05) is 12.6 Å². The van der Waals surface area contributed by atoms with Crippen molar-refractivity contribution in [2.75, 3.05) is 13.2 Å². The van der Waals surface area contributed by atoms with E-state index in [0.717, 1.165) is 0 Å². The first-order valence-corrected chi connectivity index (χ1v) is 9.92. The molecule has 0 saturated heterocycles. The fraction of sp³-hybridized carbons (Fsp3) is 0.619. The fourth-order valence-corrected chi connectivity index (χ4v) is 2.51. The van der Waals surface area contributed by atoms with Gasteiger partial charge in [0.05, 0.1) is 25.5 Å². The van der Waals surface area contributed by atoms with Gasteiger partial charge in [0.1, 0.15) is 11.6 Å². The lowest BCUT2D eigenvalue weighted by Crippen LogP contribution is -2.52. The molecule has 1 aromatic heterocycles. The summed E-state index contributed by atoms with van der Waals surface area (Å²) >= 11 is 0. The van der Waals surface area contributed by atoms with Gasteiger partial charge in [0.25, 0.3) is 5.60 Å². The van der Waals surface area contributed by atoms with Crippen LogP contribution in [0, 0.1) is 0 Å². The van der Waals surface area contributed by atoms with E-state index in [0.29, 0.717) is 5.69 Å². The highest BCUT2D eigenvalue weighted by Crippen LogP contribution is 2.26. The van der Waals surface area contributed by atoms with Crippen molar-refractivity contribution in [1.82, 2.24) is 4.98 Å². The van der Waals surface area contributed by atoms with Gasteiger partial charge in [0.2, 0.25) is 0 Å². The van der Waals surface area contributed by atoms with Crippen molar-refractivity contribution in [3.8, 4) is 0 Å². The van der Waals surface area contributed by atoms with E-state index >= 15 is 0 Å². The first kappa shape index (κ1) is 25.5. The minimum atomic E-state index is -2.08. The third-order valence-corrected chi connectivity index (χ3v) is 3.92. The van der Waals surface area contributed by atoms with Crippen molar-refractivity contribution in [3.63, 3.8) is 0 Å². The number of aromatic nitrogens is 1. The number of hydrogen-bond acceptors (Lipinski definition) is 9. The zero-order chi connectivity index (χ0) is 22.8. The van der Waals surface area contributed by atoms with E-state index < -0.39 is 35.2 Å². The Bertz CT molecular complexity index is 683. The number of hydrogen-bond donors (Lipinski definition) is 1. The number of rotatable bonds is 11. The van der Waals surface area contributed by atoms with Crippen molar-refractivity contribution in [2.45, 2.75) is 71.3 Å². The van der Waals surface area contributed by atoms with Crippen LogP contribution in [0.1, 0.15) is 53.2 Å². The molecule has 0 amide bonds. The van der Waals surface area contributed by atoms with Gasteiger partial charge in [-0.1, -0.05) is 6.07 Å². The Balaban J connectivity index is 3.10. The van der Waals surface area contributed by atoms with Crippen molar-refractivity contribution < 1.29 is 33.3 Å². The molecule has 0 aliphatic carbocycles. The summed E-state index contributed by atoms with van der Waals surface area (Å²) in [5, 5.41) is 0. The molecule has 30 heavy (non-hydrogen) atoms. The SMILES string of the molecule is CCOC(=O)C(CCC(N)C(=O)OC(C)(C)C)(OCc1ccccn1)C(=O)OCC. The van der Waals surface area contributed by atoms with Gasteiger partial charge in [-0.3, -0.25) is 9.78 Å². The standard InChI is InChI=1S/C21H32N2O7/c1-6-27-18(25)21(19(26)28-7-2,29-14-15-10-8-9-13-23-15)12-11-16(22)17(24)30-20(3,4)5/h8-10,13,16H,6-7,11-12,14,22H2,1-5H3. The molecule has 1 rings (SSSR count). The van der Waals surface area contributed by atoms with Crippen molar-refractivity contribution in [2.24, 2.45) is 5.73 Å². The largest absolute Gasteiger partial charge is 0.463 e. The van der Waals surface area contributed by atoms with Crippen LogP contribution in [0.15, 0.2) is 24.4 Å². The third-order valence-electron chi connectivity index (χ3n) is 3.92. The van der Waals surface area contributed by atoms with Crippen LogP contribution in [-0.2, 0) is 39.9 Å². The molecule has 168 valence electrons. The van der Waals surface area contributed by atoms with Crippen LogP contribution in [0.25, 0.3) is 0 Å². The molecule has 0 aliphatic rings. The van der Waals surface area contributed by atoms with Crippen molar-refractivity contribution in [3.05, 3.63) is 30.1 Å². The van der Waals surface area contributed by atoms with E-state index in [9.17, 15) is 14.4 Å². The Morgan fingerprint density at radius 2 is 1.67 bits per heavy atom. The summed E-state index contributed by atoms with van der Waals surface area (Å²) in [4.78, 5) is 41.9. The summed E-state index contributed by atoms with van der Waals surface area (Å²) in [6.45, 7) is 8.30. The molecule has 0 spiro atoms. The van der Waals surface area contributed by atoms with Crippen LogP contribution in [0.3, 0.4) is 0 Å². The fourth-order valence-electron chi connectivity index (χ4n) is 2.51. The number of esters is 3. The predicted molar refractivity (Wildman–Crippen MR) is 108 cm³/mol. The molecule has 9 heteroatoms. The molecule has 0 bridgehead atoms. The summed E-state index contributed by atoms with van der Waals surface area (Å²) in [6.07, 6.45) is 1.28. The first-order valence-electron chi connectivity index (χ1n) is 9.92. The summed E-state index contributed by atoms with van der Waals surface area (Å²) in [6, 6.07) is 4.10. The number of carbonyl (C=O) groups is 3. The molecule has 9 nitrogen and oxygen atoms in total. The summed E-state index contributed by atoms with van der Waals surface area (Å²) in [5.41, 5.74) is 3.65. The topological polar surface area (TPSA) is 127 Å². The molecule has 0 radical (unpaired) electrons. The Labute approximate surface area is 177 Å². The molecular weight excluding hydrogens is 392 g/mol. The number of pyridine rings is 1. The Morgan fingerprint density at radius 3 is 2.13 bits per heavy atom. The average Bonchev–Trinajstić information content (AvgIpc) is 2.67. The van der Waals surface area contributed by atoms with E-state index in [1.165, 1.54) is 0 Å². The Kier molecular flexibility index (Phi) is 9.88. The monoisotopic (exact) mass is 424 g/mol. The lowest BCUT2D eigenvalue weighted by molar-refractivity contribution is -0.194. The minimum absolute atomic E-state index is 0.0328. The van der Waals surface area contributed by atoms with Gasteiger partial charge in [-0.05, 0) is 53.2 Å². The zero-order valence-electron chi connectivity index (χ0n) is 18.3. The van der Waals surface area contributed by atoms with Gasteiger partial charge in [-0.15, -0.1) is 0 Å². The maximum atomic E-state index is 12.8. The molecule has 1 unspecified atom stereocenters. The van der Waals surface area contributed by atoms with Gasteiger partial charge in [-0.25, -0.2) is 9.59 Å². The van der Waals surface area contributed by atoms with E-state index in [-0.39, 0.29) is 32.7 Å². The molecule has 2 N–H and O–H groups in total. The van der Waals surface area contributed by atoms with Crippen LogP contribution < -0.4 is 5.73 Å². The second-order valence-electron chi connectivity index (χ2n) is 7.56. The van der Waals surface area contributed by atoms with Gasteiger partial charge >= 0.3 is 17.9 Å². The van der Waals surface area contributed by atoms with Gasteiger partial charge < -0.3 is 24.7 Å². The summed E-state index contributed by atoms with van der Waals surface area (Å²) < 4.78 is 21.2. The van der Waals surface area contributed by atoms with Crippen LogP contribution in [0.2, 0.25) is 0 Å². The van der Waals surface area contributed by atoms with Crippen LogP contribution in [0.4, 0.5) is 0 Å².